The Bertz CT molecular complexity index is 685. The summed E-state index contributed by atoms with van der Waals surface area (Å²) in [4.78, 5) is 39.4. The quantitative estimate of drug-likeness (QED) is 0.319. The summed E-state index contributed by atoms with van der Waals surface area (Å²) in [5.74, 6) is -4.76. The molecular formula is C13H22N6O6S. The molecule has 0 radical (unpaired) electrons. The number of rotatable bonds is 6. The number of thioether (sulfide) groups is 1. The molecule has 1 amide bonds. The second kappa shape index (κ2) is 7.57. The van der Waals surface area contributed by atoms with Crippen LogP contribution < -0.4 is 17.2 Å². The molecule has 1 heterocycles. The Morgan fingerprint density at radius 3 is 2.58 bits per heavy atom. The Labute approximate surface area is 152 Å². The van der Waals surface area contributed by atoms with Gasteiger partial charge in [0.1, 0.15) is 11.9 Å². The number of carbonyl (C=O) groups is 3. The summed E-state index contributed by atoms with van der Waals surface area (Å²) in [5, 5.41) is 28.2. The highest BCUT2D eigenvalue weighted by Gasteiger charge is 2.75. The Hall–Kier alpha value is -2.22. The number of carboxylic acids is 2. The summed E-state index contributed by atoms with van der Waals surface area (Å²) in [7, 11) is 0. The summed E-state index contributed by atoms with van der Waals surface area (Å²) < 4.78 is 0. The van der Waals surface area contributed by atoms with E-state index in [1.165, 1.54) is 25.0 Å². The molecule has 0 bridgehead atoms. The first-order valence-corrected chi connectivity index (χ1v) is 8.21. The van der Waals surface area contributed by atoms with E-state index in [1.807, 2.05) is 0 Å². The minimum Gasteiger partial charge on any atom is -0.481 e. The maximum atomic E-state index is 12.0. The number of hydrogen-bond donors (Lipinski definition) is 6. The highest BCUT2D eigenvalue weighted by atomic mass is 32.2. The number of nitrogens with one attached hydrogen (secondary N) is 2. The minimum absolute atomic E-state index is 0. The van der Waals surface area contributed by atoms with E-state index < -0.39 is 41.3 Å². The Kier molecular flexibility index (Phi) is 6.35. The Morgan fingerprint density at radius 2 is 2.12 bits per heavy atom. The average molecular weight is 390 g/mol. The van der Waals surface area contributed by atoms with Gasteiger partial charge in [0.25, 0.3) is 0 Å². The molecule has 2 saturated carbocycles. The van der Waals surface area contributed by atoms with Crippen LogP contribution in [0, 0.1) is 17.8 Å². The van der Waals surface area contributed by atoms with E-state index >= 15 is 0 Å². The summed E-state index contributed by atoms with van der Waals surface area (Å²) >= 11 is 1.25. The molecule has 1 aromatic heterocycles. The second-order valence-corrected chi connectivity index (χ2v) is 7.40. The van der Waals surface area contributed by atoms with Crippen molar-refractivity contribution in [2.24, 2.45) is 23.5 Å². The molecule has 6 atom stereocenters. The van der Waals surface area contributed by atoms with E-state index in [2.05, 4.69) is 20.5 Å². The first kappa shape index (κ1) is 21.8. The van der Waals surface area contributed by atoms with Crippen molar-refractivity contribution in [2.75, 3.05) is 0 Å². The van der Waals surface area contributed by atoms with Gasteiger partial charge >= 0.3 is 11.9 Å². The van der Waals surface area contributed by atoms with E-state index in [-0.39, 0.29) is 29.2 Å². The fourth-order valence-electron chi connectivity index (χ4n) is 3.61. The number of hydrogen-bond acceptors (Lipinski definition) is 8. The van der Waals surface area contributed by atoms with Gasteiger partial charge < -0.3 is 32.9 Å². The molecule has 1 aromatic rings. The number of nitrogens with two attached hydrogens (primary N) is 1. The van der Waals surface area contributed by atoms with Crippen LogP contribution in [0.2, 0.25) is 0 Å². The number of aromatic nitrogens is 3. The monoisotopic (exact) mass is 390 g/mol. The molecule has 2 fully saturated rings. The van der Waals surface area contributed by atoms with Crippen molar-refractivity contribution in [3.05, 3.63) is 6.33 Å². The molecule has 146 valence electrons. The molecule has 0 unspecified atom stereocenters. The first-order valence-electron chi connectivity index (χ1n) is 7.33. The molecule has 11 N–H and O–H groups in total. The topological polar surface area (TPSA) is 238 Å². The third-order valence-corrected chi connectivity index (χ3v) is 5.88. The zero-order chi connectivity index (χ0) is 17.6. The van der Waals surface area contributed by atoms with Gasteiger partial charge in [-0.25, -0.2) is 9.78 Å². The van der Waals surface area contributed by atoms with Gasteiger partial charge in [-0.1, -0.05) is 11.8 Å². The predicted molar refractivity (Wildman–Crippen MR) is 89.5 cm³/mol. The second-order valence-electron chi connectivity index (χ2n) is 6.17. The van der Waals surface area contributed by atoms with E-state index in [4.69, 9.17) is 5.73 Å². The lowest BCUT2D eigenvalue weighted by Crippen LogP contribution is -2.59. The van der Waals surface area contributed by atoms with Crippen molar-refractivity contribution < 1.29 is 30.1 Å². The van der Waals surface area contributed by atoms with Crippen LogP contribution in [0.1, 0.15) is 13.3 Å². The van der Waals surface area contributed by atoms with Crippen molar-refractivity contribution in [1.82, 2.24) is 26.6 Å². The molecule has 0 aliphatic heterocycles. The van der Waals surface area contributed by atoms with Crippen LogP contribution >= 0.6 is 11.8 Å². The Morgan fingerprint density at radius 1 is 1.46 bits per heavy atom. The summed E-state index contributed by atoms with van der Waals surface area (Å²) in [6.07, 6.45) is 1.42. The van der Waals surface area contributed by atoms with E-state index in [0.29, 0.717) is 5.16 Å². The molecule has 0 spiro atoms. The van der Waals surface area contributed by atoms with Crippen molar-refractivity contribution in [2.45, 2.75) is 35.3 Å². The molecule has 2 aliphatic carbocycles. The third kappa shape index (κ3) is 3.38. The van der Waals surface area contributed by atoms with Crippen molar-refractivity contribution in [1.29, 1.82) is 0 Å². The van der Waals surface area contributed by atoms with Gasteiger partial charge in [0.05, 0.1) is 12.0 Å². The highest BCUT2D eigenvalue weighted by molar-refractivity contribution is 7.99. The van der Waals surface area contributed by atoms with Crippen LogP contribution in [0.3, 0.4) is 0 Å². The molecule has 12 nitrogen and oxygen atoms in total. The number of aromatic amines is 1. The lowest BCUT2D eigenvalue weighted by atomic mass is 9.89. The van der Waals surface area contributed by atoms with Crippen LogP contribution in [-0.2, 0) is 14.4 Å². The number of H-pyrrole nitrogens is 1. The van der Waals surface area contributed by atoms with E-state index in [9.17, 15) is 24.6 Å². The third-order valence-electron chi connectivity index (χ3n) is 4.68. The van der Waals surface area contributed by atoms with Crippen molar-refractivity contribution in [3.8, 4) is 0 Å². The number of aliphatic carboxylic acids is 2. The van der Waals surface area contributed by atoms with Gasteiger partial charge in [0.15, 0.2) is 5.16 Å². The normalized spacial score (nSPS) is 32.4. The van der Waals surface area contributed by atoms with Crippen LogP contribution in [0.5, 0.6) is 0 Å². The zero-order valence-corrected chi connectivity index (χ0v) is 14.7. The van der Waals surface area contributed by atoms with Crippen molar-refractivity contribution >= 4 is 29.6 Å². The van der Waals surface area contributed by atoms with Crippen LogP contribution in [0.25, 0.3) is 0 Å². The SMILES string of the molecule is C[C@H](N)C(=O)N[C@@]1(C(=O)O)C[C@H](Sc2ncn[nH]2)[C@H]2[C@H](C(=O)O)[C@H]21.N.O. The lowest BCUT2D eigenvalue weighted by Gasteiger charge is -2.30. The van der Waals surface area contributed by atoms with E-state index in [1.54, 1.807) is 0 Å². The molecule has 2 aliphatic rings. The molecule has 0 aromatic carbocycles. The maximum Gasteiger partial charge on any atom is 0.329 e. The standard InChI is InChI=1S/C13H17N5O5S.H3N.H2O/c1-4(14)9(19)17-13(11(22)23)2-5(24-12-15-3-16-18-12)6-7(8(6)13)10(20)21;;/h3-8H,2,14H2,1H3,(H,17,19)(H,20,21)(H,22,23)(H,15,16,18);1H3;1H2/t4-,5-,6-,7-,8-,13-;;/m0../s1. The largest absolute Gasteiger partial charge is 0.481 e. The minimum atomic E-state index is -1.63. The number of nitrogens with zero attached hydrogens (tertiary/aromatic N) is 2. The molecule has 0 saturated heterocycles. The smallest absolute Gasteiger partial charge is 0.329 e. The van der Waals surface area contributed by atoms with Crippen LogP contribution in [-0.4, -0.2) is 65.5 Å². The van der Waals surface area contributed by atoms with Crippen LogP contribution in [0.15, 0.2) is 11.5 Å². The summed E-state index contributed by atoms with van der Waals surface area (Å²) in [6.45, 7) is 1.44. The predicted octanol–water partition coefficient (Wildman–Crippen LogP) is -1.76. The van der Waals surface area contributed by atoms with Crippen LogP contribution in [0.4, 0.5) is 0 Å². The highest BCUT2D eigenvalue weighted by Crippen LogP contribution is 2.65. The van der Waals surface area contributed by atoms with Crippen molar-refractivity contribution in [3.63, 3.8) is 0 Å². The number of fused-ring (bicyclic) bond motifs is 1. The number of carboxylic acid groups (broad SMARTS) is 2. The molecule has 3 rings (SSSR count). The lowest BCUT2D eigenvalue weighted by molar-refractivity contribution is -0.149. The summed E-state index contributed by atoms with van der Waals surface area (Å²) in [6, 6.07) is -0.886. The fourth-order valence-corrected chi connectivity index (χ4v) is 4.95. The number of carbonyl (C=O) groups excluding carboxylic acids is 1. The van der Waals surface area contributed by atoms with Gasteiger partial charge in [0, 0.05) is 11.2 Å². The van der Waals surface area contributed by atoms with Gasteiger partial charge in [-0.05, 0) is 19.3 Å². The molecule has 13 heteroatoms. The summed E-state index contributed by atoms with van der Waals surface area (Å²) in [5.41, 5.74) is 3.89. The average Bonchev–Trinajstić information content (AvgIpc) is 2.90. The molecule has 26 heavy (non-hydrogen) atoms. The maximum absolute atomic E-state index is 12.0. The van der Waals surface area contributed by atoms with Gasteiger partial charge in [0.2, 0.25) is 5.91 Å². The first-order chi connectivity index (χ1) is 11.3. The van der Waals surface area contributed by atoms with Gasteiger partial charge in [-0.2, -0.15) is 5.10 Å². The molecular weight excluding hydrogens is 368 g/mol. The van der Waals surface area contributed by atoms with Gasteiger partial charge in [-0.3, -0.25) is 14.7 Å². The number of amides is 1. The zero-order valence-electron chi connectivity index (χ0n) is 13.9. The fraction of sp³-hybridized carbons (Fsp3) is 0.615. The van der Waals surface area contributed by atoms with Gasteiger partial charge in [-0.15, -0.1) is 0 Å². The Balaban J connectivity index is 0.00000169. The van der Waals surface area contributed by atoms with E-state index in [0.717, 1.165) is 0 Å².